The lowest BCUT2D eigenvalue weighted by Gasteiger charge is -2.13. The number of hydrogen-bond acceptors (Lipinski definition) is 5. The summed E-state index contributed by atoms with van der Waals surface area (Å²) in [5, 5.41) is 3.87. The largest absolute Gasteiger partial charge is 0.339 e. The first-order valence-corrected chi connectivity index (χ1v) is 6.17. The highest BCUT2D eigenvalue weighted by Gasteiger charge is 2.10. The summed E-state index contributed by atoms with van der Waals surface area (Å²) in [7, 11) is 1.99. The lowest BCUT2D eigenvalue weighted by molar-refractivity contribution is -0.116. The van der Waals surface area contributed by atoms with Crippen LogP contribution in [0.3, 0.4) is 0 Å². The third-order valence-electron chi connectivity index (χ3n) is 2.62. The van der Waals surface area contributed by atoms with Crippen LogP contribution in [0.1, 0.15) is 24.2 Å². The van der Waals surface area contributed by atoms with E-state index in [4.69, 9.17) is 4.52 Å². The third-order valence-corrected chi connectivity index (χ3v) is 2.62. The molecule has 0 aliphatic heterocycles. The number of aromatic nitrogens is 2. The first-order chi connectivity index (χ1) is 9.13. The lowest BCUT2D eigenvalue weighted by atomic mass is 10.2. The molecule has 0 spiro atoms. The molecule has 0 radical (unpaired) electrons. The molecule has 0 saturated carbocycles. The summed E-state index contributed by atoms with van der Waals surface area (Å²) in [6.07, 6.45) is 0.204. The maximum Gasteiger partial charge on any atom is 0.234 e. The molecule has 0 bridgehead atoms. The second kappa shape index (κ2) is 6.24. The minimum Gasteiger partial charge on any atom is -0.339 e. The summed E-state index contributed by atoms with van der Waals surface area (Å²) in [4.78, 5) is 17.2. The van der Waals surface area contributed by atoms with Crippen molar-refractivity contribution in [3.63, 3.8) is 0 Å². The minimum absolute atomic E-state index is 0.0211. The fourth-order valence-electron chi connectivity index (χ4n) is 1.83. The Labute approximate surface area is 112 Å². The number of nitrogens with zero attached hydrogens (tertiary/aromatic N) is 3. The first kappa shape index (κ1) is 13.4. The highest BCUT2D eigenvalue weighted by Crippen LogP contribution is 2.06. The van der Waals surface area contributed by atoms with Crippen LogP contribution in [0, 0.1) is 0 Å². The SMILES string of the molecule is CC(=O)Cc1nc(CN(C)Cc2ccccc2)no1. The lowest BCUT2D eigenvalue weighted by Crippen LogP contribution is -2.18. The number of ketones is 1. The van der Waals surface area contributed by atoms with Gasteiger partial charge in [0.1, 0.15) is 5.78 Å². The highest BCUT2D eigenvalue weighted by atomic mass is 16.5. The smallest absolute Gasteiger partial charge is 0.234 e. The topological polar surface area (TPSA) is 59.2 Å². The molecule has 0 atom stereocenters. The van der Waals surface area contributed by atoms with Gasteiger partial charge < -0.3 is 4.52 Å². The summed E-state index contributed by atoms with van der Waals surface area (Å²) in [6, 6.07) is 10.2. The van der Waals surface area contributed by atoms with Crippen LogP contribution in [0.4, 0.5) is 0 Å². The number of benzene rings is 1. The Morgan fingerprint density at radius 3 is 2.68 bits per heavy atom. The Morgan fingerprint density at radius 2 is 2.00 bits per heavy atom. The number of hydrogen-bond donors (Lipinski definition) is 0. The molecule has 0 N–H and O–H groups in total. The van der Waals surface area contributed by atoms with Crippen molar-refractivity contribution in [1.29, 1.82) is 0 Å². The molecule has 5 heteroatoms. The van der Waals surface area contributed by atoms with E-state index >= 15 is 0 Å². The maximum atomic E-state index is 10.9. The van der Waals surface area contributed by atoms with E-state index in [1.165, 1.54) is 12.5 Å². The van der Waals surface area contributed by atoms with Crippen LogP contribution in [-0.4, -0.2) is 27.9 Å². The Bertz CT molecular complexity index is 537. The van der Waals surface area contributed by atoms with Gasteiger partial charge in [-0.05, 0) is 19.5 Å². The van der Waals surface area contributed by atoms with Gasteiger partial charge >= 0.3 is 0 Å². The van der Waals surface area contributed by atoms with Gasteiger partial charge in [0.05, 0.1) is 13.0 Å². The summed E-state index contributed by atoms with van der Waals surface area (Å²) >= 11 is 0. The van der Waals surface area contributed by atoms with Crippen LogP contribution in [-0.2, 0) is 24.3 Å². The zero-order valence-corrected chi connectivity index (χ0v) is 11.2. The molecule has 0 saturated heterocycles. The molecule has 100 valence electrons. The molecule has 1 heterocycles. The molecular weight excluding hydrogens is 242 g/mol. The van der Waals surface area contributed by atoms with Crippen LogP contribution in [0.15, 0.2) is 34.9 Å². The number of Topliss-reactive ketones (excluding diaryl/α,β-unsaturated/α-hetero) is 1. The van der Waals surface area contributed by atoms with Crippen LogP contribution in [0.2, 0.25) is 0 Å². The molecule has 0 fully saturated rings. The van der Waals surface area contributed by atoms with E-state index in [2.05, 4.69) is 27.2 Å². The molecule has 19 heavy (non-hydrogen) atoms. The molecule has 1 aromatic heterocycles. The first-order valence-electron chi connectivity index (χ1n) is 6.17. The van der Waals surface area contributed by atoms with Crippen molar-refractivity contribution >= 4 is 5.78 Å². The maximum absolute atomic E-state index is 10.9. The number of carbonyl (C=O) groups is 1. The van der Waals surface area contributed by atoms with E-state index < -0.39 is 0 Å². The van der Waals surface area contributed by atoms with E-state index in [-0.39, 0.29) is 12.2 Å². The Hall–Kier alpha value is -2.01. The Morgan fingerprint density at radius 1 is 1.26 bits per heavy atom. The zero-order chi connectivity index (χ0) is 13.7. The Balaban J connectivity index is 1.90. The normalized spacial score (nSPS) is 10.9. The average molecular weight is 259 g/mol. The molecule has 1 aromatic carbocycles. The minimum atomic E-state index is 0.0211. The van der Waals surface area contributed by atoms with E-state index in [1.54, 1.807) is 0 Å². The summed E-state index contributed by atoms with van der Waals surface area (Å²) < 4.78 is 5.02. The average Bonchev–Trinajstić information content (AvgIpc) is 2.76. The van der Waals surface area contributed by atoms with Gasteiger partial charge in [0.2, 0.25) is 5.89 Å². The van der Waals surface area contributed by atoms with Gasteiger partial charge in [-0.25, -0.2) is 0 Å². The third kappa shape index (κ3) is 4.30. The van der Waals surface area contributed by atoms with Crippen molar-refractivity contribution in [2.75, 3.05) is 7.05 Å². The van der Waals surface area contributed by atoms with Crippen LogP contribution in [0.25, 0.3) is 0 Å². The van der Waals surface area contributed by atoms with Gasteiger partial charge in [0.15, 0.2) is 5.82 Å². The Kier molecular flexibility index (Phi) is 4.41. The molecule has 0 unspecified atom stereocenters. The standard InChI is InChI=1S/C14H17N3O2/c1-11(18)8-14-15-13(16-19-14)10-17(2)9-12-6-4-3-5-7-12/h3-7H,8-10H2,1-2H3. The highest BCUT2D eigenvalue weighted by molar-refractivity contribution is 5.77. The second-order valence-corrected chi connectivity index (χ2v) is 4.64. The van der Waals surface area contributed by atoms with Crippen molar-refractivity contribution < 1.29 is 9.32 Å². The van der Waals surface area contributed by atoms with Gasteiger partial charge in [-0.15, -0.1) is 0 Å². The second-order valence-electron chi connectivity index (χ2n) is 4.64. The molecule has 0 aliphatic rings. The molecule has 0 aliphatic carbocycles. The summed E-state index contributed by atoms with van der Waals surface area (Å²) in [5.74, 6) is 1.01. The number of carbonyl (C=O) groups excluding carboxylic acids is 1. The fourth-order valence-corrected chi connectivity index (χ4v) is 1.83. The van der Waals surface area contributed by atoms with E-state index in [9.17, 15) is 4.79 Å². The van der Waals surface area contributed by atoms with Gasteiger partial charge in [0, 0.05) is 6.54 Å². The van der Waals surface area contributed by atoms with Crippen LogP contribution >= 0.6 is 0 Å². The van der Waals surface area contributed by atoms with Crippen molar-refractivity contribution in [3.8, 4) is 0 Å². The van der Waals surface area contributed by atoms with E-state index in [0.29, 0.717) is 18.3 Å². The molecule has 0 amide bonds. The van der Waals surface area contributed by atoms with Crippen LogP contribution < -0.4 is 0 Å². The van der Waals surface area contributed by atoms with Crippen molar-refractivity contribution in [2.45, 2.75) is 26.4 Å². The van der Waals surface area contributed by atoms with Crippen molar-refractivity contribution in [2.24, 2.45) is 0 Å². The summed E-state index contributed by atoms with van der Waals surface area (Å²) in [6.45, 7) is 2.92. The van der Waals surface area contributed by atoms with Crippen molar-refractivity contribution in [3.05, 3.63) is 47.6 Å². The van der Waals surface area contributed by atoms with Gasteiger partial charge in [-0.3, -0.25) is 9.69 Å². The van der Waals surface area contributed by atoms with Gasteiger partial charge in [-0.2, -0.15) is 4.98 Å². The fraction of sp³-hybridized carbons (Fsp3) is 0.357. The molecular formula is C14H17N3O2. The quantitative estimate of drug-likeness (QED) is 0.792. The predicted octanol–water partition coefficient (Wildman–Crippen LogP) is 1.83. The molecule has 2 aromatic rings. The van der Waals surface area contributed by atoms with Gasteiger partial charge in [-0.1, -0.05) is 35.5 Å². The molecule has 2 rings (SSSR count). The monoisotopic (exact) mass is 259 g/mol. The molecule has 5 nitrogen and oxygen atoms in total. The van der Waals surface area contributed by atoms with E-state index in [1.807, 2.05) is 25.2 Å². The predicted molar refractivity (Wildman–Crippen MR) is 70.3 cm³/mol. The van der Waals surface area contributed by atoms with Crippen LogP contribution in [0.5, 0.6) is 0 Å². The van der Waals surface area contributed by atoms with Gasteiger partial charge in [0.25, 0.3) is 0 Å². The van der Waals surface area contributed by atoms with E-state index in [0.717, 1.165) is 6.54 Å². The zero-order valence-electron chi connectivity index (χ0n) is 11.2. The summed E-state index contributed by atoms with van der Waals surface area (Å²) in [5.41, 5.74) is 1.23. The van der Waals surface area contributed by atoms with Crippen molar-refractivity contribution in [1.82, 2.24) is 15.0 Å². The number of rotatable bonds is 6.